The molecule has 1 aliphatic heterocycles. The predicted octanol–water partition coefficient (Wildman–Crippen LogP) is 1.53. The first-order valence-corrected chi connectivity index (χ1v) is 6.23. The second kappa shape index (κ2) is 4.39. The minimum Gasteiger partial charge on any atom is -0.359 e. The number of hydrogen-bond acceptors (Lipinski definition) is 3. The fraction of sp³-hybridized carbons (Fsp3) is 0.200. The van der Waals surface area contributed by atoms with Gasteiger partial charge in [0.2, 0.25) is 0 Å². The Balaban J connectivity index is 2.15. The molecule has 0 fully saturated rings. The first-order valence-electron chi connectivity index (χ1n) is 6.23. The average molecular weight is 254 g/mol. The molecule has 3 rings (SSSR count). The number of aromatic nitrogens is 1. The SMILES string of the molecule is CN1CCn2c1c(C(=O)c1ccccc1)ccc2=O. The highest BCUT2D eigenvalue weighted by atomic mass is 16.1. The van der Waals surface area contributed by atoms with Crippen LogP contribution in [0.1, 0.15) is 15.9 Å². The van der Waals surface area contributed by atoms with Gasteiger partial charge < -0.3 is 4.90 Å². The summed E-state index contributed by atoms with van der Waals surface area (Å²) in [6, 6.07) is 12.2. The van der Waals surface area contributed by atoms with Gasteiger partial charge in [-0.05, 0) is 6.07 Å². The number of nitrogens with zero attached hydrogens (tertiary/aromatic N) is 2. The van der Waals surface area contributed by atoms with E-state index in [2.05, 4.69) is 0 Å². The van der Waals surface area contributed by atoms with Gasteiger partial charge in [-0.3, -0.25) is 14.2 Å². The van der Waals surface area contributed by atoms with Crippen LogP contribution in [-0.4, -0.2) is 23.9 Å². The van der Waals surface area contributed by atoms with E-state index in [4.69, 9.17) is 0 Å². The number of hydrogen-bond donors (Lipinski definition) is 0. The van der Waals surface area contributed by atoms with Crippen LogP contribution in [0, 0.1) is 0 Å². The van der Waals surface area contributed by atoms with Crippen molar-refractivity contribution in [3.63, 3.8) is 0 Å². The van der Waals surface area contributed by atoms with Crippen molar-refractivity contribution < 1.29 is 4.79 Å². The van der Waals surface area contributed by atoms with E-state index >= 15 is 0 Å². The second-order valence-corrected chi connectivity index (χ2v) is 4.68. The molecular weight excluding hydrogens is 240 g/mol. The normalized spacial score (nSPS) is 13.4. The Labute approximate surface area is 110 Å². The molecule has 0 unspecified atom stereocenters. The predicted molar refractivity (Wildman–Crippen MR) is 73.8 cm³/mol. The molecule has 0 amide bonds. The van der Waals surface area contributed by atoms with Gasteiger partial charge in [0.15, 0.2) is 5.78 Å². The van der Waals surface area contributed by atoms with Gasteiger partial charge >= 0.3 is 0 Å². The topological polar surface area (TPSA) is 42.3 Å². The quantitative estimate of drug-likeness (QED) is 0.763. The van der Waals surface area contributed by atoms with Crippen molar-refractivity contribution in [1.82, 2.24) is 4.57 Å². The van der Waals surface area contributed by atoms with Gasteiger partial charge in [0.1, 0.15) is 5.82 Å². The summed E-state index contributed by atoms with van der Waals surface area (Å²) in [4.78, 5) is 26.3. The van der Waals surface area contributed by atoms with E-state index in [1.54, 1.807) is 22.8 Å². The van der Waals surface area contributed by atoms with Gasteiger partial charge in [-0.2, -0.15) is 0 Å². The molecule has 1 aromatic heterocycles. The molecule has 0 bridgehead atoms. The third-order valence-electron chi connectivity index (χ3n) is 3.46. The molecule has 0 saturated heterocycles. The Hall–Kier alpha value is -2.36. The Bertz CT molecular complexity index is 689. The third-order valence-corrected chi connectivity index (χ3v) is 3.46. The number of anilines is 1. The minimum atomic E-state index is -0.0519. The molecule has 4 heteroatoms. The van der Waals surface area contributed by atoms with Crippen molar-refractivity contribution in [3.05, 3.63) is 63.9 Å². The zero-order chi connectivity index (χ0) is 13.4. The maximum absolute atomic E-state index is 12.5. The number of carbonyl (C=O) groups is 1. The van der Waals surface area contributed by atoms with Crippen LogP contribution in [0.25, 0.3) is 0 Å². The first kappa shape index (κ1) is 11.7. The third kappa shape index (κ3) is 1.85. The van der Waals surface area contributed by atoms with E-state index in [1.807, 2.05) is 30.1 Å². The molecule has 2 aromatic rings. The van der Waals surface area contributed by atoms with Crippen molar-refractivity contribution in [2.24, 2.45) is 0 Å². The lowest BCUT2D eigenvalue weighted by molar-refractivity contribution is 0.103. The number of ketones is 1. The molecule has 1 aromatic carbocycles. The van der Waals surface area contributed by atoms with E-state index in [1.165, 1.54) is 6.07 Å². The second-order valence-electron chi connectivity index (χ2n) is 4.68. The largest absolute Gasteiger partial charge is 0.359 e. The van der Waals surface area contributed by atoms with E-state index in [-0.39, 0.29) is 11.3 Å². The Kier molecular flexibility index (Phi) is 2.71. The van der Waals surface area contributed by atoms with Crippen LogP contribution < -0.4 is 10.5 Å². The minimum absolute atomic E-state index is 0.0434. The summed E-state index contributed by atoms with van der Waals surface area (Å²) in [6.45, 7) is 1.40. The molecule has 19 heavy (non-hydrogen) atoms. The Morgan fingerprint density at radius 1 is 1.05 bits per heavy atom. The van der Waals surface area contributed by atoms with Gasteiger partial charge in [-0.15, -0.1) is 0 Å². The molecule has 0 N–H and O–H groups in total. The summed E-state index contributed by atoms with van der Waals surface area (Å²) in [6.07, 6.45) is 0. The molecule has 1 aliphatic rings. The molecule has 4 nitrogen and oxygen atoms in total. The molecule has 0 radical (unpaired) electrons. The Morgan fingerprint density at radius 3 is 2.53 bits per heavy atom. The van der Waals surface area contributed by atoms with E-state index in [0.29, 0.717) is 17.7 Å². The summed E-state index contributed by atoms with van der Waals surface area (Å²) in [7, 11) is 1.90. The van der Waals surface area contributed by atoms with Gasteiger partial charge in [0, 0.05) is 31.8 Å². The van der Waals surface area contributed by atoms with Crippen LogP contribution in [0.3, 0.4) is 0 Å². The first-order chi connectivity index (χ1) is 9.18. The van der Waals surface area contributed by atoms with Crippen molar-refractivity contribution in [2.75, 3.05) is 18.5 Å². The van der Waals surface area contributed by atoms with Crippen molar-refractivity contribution in [3.8, 4) is 0 Å². The average Bonchev–Trinajstić information content (AvgIpc) is 2.83. The van der Waals surface area contributed by atoms with Crippen molar-refractivity contribution >= 4 is 11.6 Å². The summed E-state index contributed by atoms with van der Waals surface area (Å²) < 4.78 is 1.66. The van der Waals surface area contributed by atoms with E-state index < -0.39 is 0 Å². The molecule has 0 atom stereocenters. The lowest BCUT2D eigenvalue weighted by atomic mass is 10.0. The molecule has 0 aliphatic carbocycles. The highest BCUT2D eigenvalue weighted by Gasteiger charge is 2.24. The highest BCUT2D eigenvalue weighted by molar-refractivity contribution is 6.12. The summed E-state index contributed by atoms with van der Waals surface area (Å²) in [5, 5.41) is 0. The number of fused-ring (bicyclic) bond motifs is 1. The van der Waals surface area contributed by atoms with Gasteiger partial charge in [0.05, 0.1) is 5.56 Å². The van der Waals surface area contributed by atoms with Crippen LogP contribution in [0.15, 0.2) is 47.3 Å². The fourth-order valence-electron chi connectivity index (χ4n) is 2.47. The van der Waals surface area contributed by atoms with Gasteiger partial charge in [-0.25, -0.2) is 0 Å². The van der Waals surface area contributed by atoms with Crippen LogP contribution in [0.4, 0.5) is 5.82 Å². The molecule has 96 valence electrons. The smallest absolute Gasteiger partial charge is 0.252 e. The zero-order valence-corrected chi connectivity index (χ0v) is 10.7. The van der Waals surface area contributed by atoms with E-state index in [0.717, 1.165) is 12.4 Å². The van der Waals surface area contributed by atoms with Crippen LogP contribution in [0.2, 0.25) is 0 Å². The number of likely N-dealkylation sites (N-methyl/N-ethyl adjacent to an activating group) is 1. The summed E-state index contributed by atoms with van der Waals surface area (Å²) in [5.74, 6) is 0.680. The van der Waals surface area contributed by atoms with Crippen LogP contribution in [-0.2, 0) is 6.54 Å². The number of rotatable bonds is 2. The van der Waals surface area contributed by atoms with E-state index in [9.17, 15) is 9.59 Å². The van der Waals surface area contributed by atoms with Crippen molar-refractivity contribution in [1.29, 1.82) is 0 Å². The number of carbonyl (C=O) groups excluding carboxylic acids is 1. The summed E-state index contributed by atoms with van der Waals surface area (Å²) in [5.41, 5.74) is 1.18. The monoisotopic (exact) mass is 254 g/mol. The number of benzene rings is 1. The van der Waals surface area contributed by atoms with Gasteiger partial charge in [0.25, 0.3) is 5.56 Å². The number of pyridine rings is 1. The standard InChI is InChI=1S/C15H14N2O2/c1-16-9-10-17-13(18)8-7-12(15(16)17)14(19)11-5-3-2-4-6-11/h2-8H,9-10H2,1H3. The summed E-state index contributed by atoms with van der Waals surface area (Å²) >= 11 is 0. The van der Waals surface area contributed by atoms with Crippen LogP contribution in [0.5, 0.6) is 0 Å². The lowest BCUT2D eigenvalue weighted by Gasteiger charge is -2.15. The molecule has 0 saturated carbocycles. The van der Waals surface area contributed by atoms with Gasteiger partial charge in [-0.1, -0.05) is 30.3 Å². The Morgan fingerprint density at radius 2 is 1.79 bits per heavy atom. The van der Waals surface area contributed by atoms with Crippen molar-refractivity contribution in [2.45, 2.75) is 6.54 Å². The maximum atomic E-state index is 12.5. The molecule has 2 heterocycles. The molecule has 0 spiro atoms. The zero-order valence-electron chi connectivity index (χ0n) is 10.7. The van der Waals surface area contributed by atoms with Crippen LogP contribution >= 0.6 is 0 Å². The fourth-order valence-corrected chi connectivity index (χ4v) is 2.47. The molecular formula is C15H14N2O2. The highest BCUT2D eigenvalue weighted by Crippen LogP contribution is 2.24. The lowest BCUT2D eigenvalue weighted by Crippen LogP contribution is -2.21. The maximum Gasteiger partial charge on any atom is 0.252 e.